The smallest absolute Gasteiger partial charge is 0.119 e. The van der Waals surface area contributed by atoms with Crippen molar-refractivity contribution in [1.29, 1.82) is 5.26 Å². The van der Waals surface area contributed by atoms with Gasteiger partial charge in [-0.2, -0.15) is 5.26 Å². The van der Waals surface area contributed by atoms with Crippen molar-refractivity contribution in [3.05, 3.63) is 45.9 Å². The minimum Gasteiger partial charge on any atom is -0.492 e. The molecule has 0 unspecified atom stereocenters. The highest BCUT2D eigenvalue weighted by atomic mass is 32.1. The maximum atomic E-state index is 8.64. The number of benzene rings is 1. The normalized spacial score (nSPS) is 11.2. The van der Waals surface area contributed by atoms with Crippen LogP contribution in [0.1, 0.15) is 30.1 Å². The van der Waals surface area contributed by atoms with Crippen molar-refractivity contribution in [1.82, 2.24) is 10.3 Å². The third kappa shape index (κ3) is 4.55. The van der Waals surface area contributed by atoms with E-state index < -0.39 is 0 Å². The first kappa shape index (κ1) is 16.5. The van der Waals surface area contributed by atoms with Crippen molar-refractivity contribution in [3.63, 3.8) is 0 Å². The Kier molecular flexibility index (Phi) is 5.53. The zero-order valence-corrected chi connectivity index (χ0v) is 14.0. The second-order valence-corrected chi connectivity index (χ2v) is 6.53. The van der Waals surface area contributed by atoms with E-state index in [1.165, 1.54) is 0 Å². The summed E-state index contributed by atoms with van der Waals surface area (Å²) in [6.45, 7) is 7.59. The Labute approximate surface area is 135 Å². The van der Waals surface area contributed by atoms with Crippen molar-refractivity contribution < 1.29 is 4.74 Å². The number of ether oxygens (including phenoxy) is 1. The van der Waals surface area contributed by atoms with Crippen molar-refractivity contribution in [2.24, 2.45) is 0 Å². The number of rotatable bonds is 7. The Morgan fingerprint density at radius 2 is 2.05 bits per heavy atom. The fourth-order valence-electron chi connectivity index (χ4n) is 2.04. The number of aromatic nitrogens is 1. The van der Waals surface area contributed by atoms with Gasteiger partial charge >= 0.3 is 0 Å². The number of nitrogens with zero attached hydrogens (tertiary/aromatic N) is 2. The van der Waals surface area contributed by atoms with Gasteiger partial charge in [-0.15, -0.1) is 11.3 Å². The molecule has 0 bridgehead atoms. The molecule has 0 radical (unpaired) electrons. The van der Waals surface area contributed by atoms with E-state index in [-0.39, 0.29) is 5.54 Å². The molecule has 0 saturated heterocycles. The largest absolute Gasteiger partial charge is 0.492 e. The minimum absolute atomic E-state index is 0.154. The first-order valence-electron chi connectivity index (χ1n) is 7.27. The van der Waals surface area contributed by atoms with Crippen LogP contribution in [0.15, 0.2) is 29.6 Å². The second kappa shape index (κ2) is 7.39. The summed E-state index contributed by atoms with van der Waals surface area (Å²) in [6, 6.07) is 9.79. The lowest BCUT2D eigenvalue weighted by Crippen LogP contribution is -2.39. The number of nitriles is 1. The van der Waals surface area contributed by atoms with E-state index in [0.717, 1.165) is 28.6 Å². The molecule has 1 aromatic heterocycles. The summed E-state index contributed by atoms with van der Waals surface area (Å²) in [5.74, 6) is 0.825. The van der Waals surface area contributed by atoms with Gasteiger partial charge in [-0.05, 0) is 38.5 Å². The van der Waals surface area contributed by atoms with Gasteiger partial charge in [0, 0.05) is 17.6 Å². The monoisotopic (exact) mass is 315 g/mol. The summed E-state index contributed by atoms with van der Waals surface area (Å²) in [7, 11) is 0. The molecule has 1 aromatic carbocycles. The fourth-order valence-corrected chi connectivity index (χ4v) is 2.94. The summed E-state index contributed by atoms with van der Waals surface area (Å²) in [4.78, 5) is 4.54. The van der Waals surface area contributed by atoms with Gasteiger partial charge < -0.3 is 10.1 Å². The molecule has 0 spiro atoms. The molecule has 1 N–H and O–H groups in total. The third-order valence-corrected chi connectivity index (χ3v) is 4.58. The molecule has 2 rings (SSSR count). The quantitative estimate of drug-likeness (QED) is 0.795. The molecule has 5 heteroatoms. The van der Waals surface area contributed by atoms with E-state index >= 15 is 0 Å². The van der Waals surface area contributed by atoms with Crippen LogP contribution >= 0.6 is 11.3 Å². The summed E-state index contributed by atoms with van der Waals surface area (Å²) >= 11 is 1.68. The molecular weight excluding hydrogens is 294 g/mol. The van der Waals surface area contributed by atoms with Crippen LogP contribution in [0.3, 0.4) is 0 Å². The number of hydrogen-bond donors (Lipinski definition) is 1. The van der Waals surface area contributed by atoms with E-state index in [2.05, 4.69) is 35.6 Å². The van der Waals surface area contributed by atoms with E-state index in [4.69, 9.17) is 10.00 Å². The highest BCUT2D eigenvalue weighted by molar-refractivity contribution is 7.09. The summed E-state index contributed by atoms with van der Waals surface area (Å²) < 4.78 is 5.71. The van der Waals surface area contributed by atoms with E-state index in [1.807, 2.05) is 31.2 Å². The number of aryl methyl sites for hydroxylation is 1. The number of hydrogen-bond acceptors (Lipinski definition) is 5. The van der Waals surface area contributed by atoms with Crippen LogP contribution in [0.2, 0.25) is 0 Å². The Bertz CT molecular complexity index is 641. The standard InChI is InChI=1S/C17H21N3OS/c1-13-12-22-16(20-13)17(2,3)19-10-11-21-15-6-4-14(5-7-15)8-9-18/h4-7,12,19H,8,10-11H2,1-3H3. The lowest BCUT2D eigenvalue weighted by molar-refractivity contribution is 0.285. The van der Waals surface area contributed by atoms with Crippen LogP contribution in [-0.4, -0.2) is 18.1 Å². The summed E-state index contributed by atoms with van der Waals surface area (Å²) in [5, 5.41) is 15.3. The molecule has 22 heavy (non-hydrogen) atoms. The average Bonchev–Trinajstić information content (AvgIpc) is 2.93. The average molecular weight is 315 g/mol. The second-order valence-electron chi connectivity index (χ2n) is 5.67. The third-order valence-electron chi connectivity index (χ3n) is 3.30. The molecular formula is C17H21N3OS. The molecule has 4 nitrogen and oxygen atoms in total. The molecule has 0 amide bonds. The Balaban J connectivity index is 1.78. The van der Waals surface area contributed by atoms with Gasteiger partial charge in [0.05, 0.1) is 18.0 Å². The van der Waals surface area contributed by atoms with E-state index in [9.17, 15) is 0 Å². The molecule has 0 aliphatic rings. The van der Waals surface area contributed by atoms with Crippen molar-refractivity contribution in [2.45, 2.75) is 32.7 Å². The van der Waals surface area contributed by atoms with Crippen molar-refractivity contribution in [3.8, 4) is 11.8 Å². The Morgan fingerprint density at radius 1 is 1.32 bits per heavy atom. The summed E-state index contributed by atoms with van der Waals surface area (Å²) in [6.07, 6.45) is 0.434. The molecule has 1 heterocycles. The van der Waals surface area contributed by atoms with Gasteiger partial charge in [-0.3, -0.25) is 0 Å². The van der Waals surface area contributed by atoms with Crippen LogP contribution in [0.5, 0.6) is 5.75 Å². The van der Waals surface area contributed by atoms with Crippen molar-refractivity contribution >= 4 is 11.3 Å². The lowest BCUT2D eigenvalue weighted by Gasteiger charge is -2.24. The van der Waals surface area contributed by atoms with E-state index in [0.29, 0.717) is 13.0 Å². The molecule has 2 aromatic rings. The maximum absolute atomic E-state index is 8.64. The van der Waals surface area contributed by atoms with Gasteiger partial charge in [0.1, 0.15) is 17.4 Å². The topological polar surface area (TPSA) is 57.9 Å². The van der Waals surface area contributed by atoms with Crippen LogP contribution in [0.4, 0.5) is 0 Å². The van der Waals surface area contributed by atoms with Crippen molar-refractivity contribution in [2.75, 3.05) is 13.2 Å². The van der Waals surface area contributed by atoms with Gasteiger partial charge in [-0.1, -0.05) is 12.1 Å². The Hall–Kier alpha value is -1.90. The van der Waals surface area contributed by atoms with Gasteiger partial charge in [0.25, 0.3) is 0 Å². The molecule has 116 valence electrons. The molecule has 0 aliphatic heterocycles. The van der Waals surface area contributed by atoms with Crippen LogP contribution < -0.4 is 10.1 Å². The van der Waals surface area contributed by atoms with Gasteiger partial charge in [0.2, 0.25) is 0 Å². The van der Waals surface area contributed by atoms with Gasteiger partial charge in [-0.25, -0.2) is 4.98 Å². The Morgan fingerprint density at radius 3 is 2.64 bits per heavy atom. The maximum Gasteiger partial charge on any atom is 0.119 e. The first-order valence-corrected chi connectivity index (χ1v) is 8.15. The fraction of sp³-hybridized carbons (Fsp3) is 0.412. The molecule has 0 fully saturated rings. The zero-order valence-electron chi connectivity index (χ0n) is 13.2. The van der Waals surface area contributed by atoms with Gasteiger partial charge in [0.15, 0.2) is 0 Å². The number of nitrogens with one attached hydrogen (secondary N) is 1. The summed E-state index contributed by atoms with van der Waals surface area (Å²) in [5.41, 5.74) is 1.91. The lowest BCUT2D eigenvalue weighted by atomic mass is 10.1. The molecule has 0 saturated carbocycles. The highest BCUT2D eigenvalue weighted by Crippen LogP contribution is 2.23. The van der Waals surface area contributed by atoms with Crippen LogP contribution in [0, 0.1) is 18.3 Å². The molecule has 0 atom stereocenters. The van der Waals surface area contributed by atoms with Crippen LogP contribution in [0.25, 0.3) is 0 Å². The van der Waals surface area contributed by atoms with Crippen LogP contribution in [-0.2, 0) is 12.0 Å². The molecule has 0 aliphatic carbocycles. The minimum atomic E-state index is -0.154. The predicted molar refractivity (Wildman–Crippen MR) is 89.1 cm³/mol. The zero-order chi connectivity index (χ0) is 16.0. The predicted octanol–water partition coefficient (Wildman–Crippen LogP) is 3.42. The highest BCUT2D eigenvalue weighted by Gasteiger charge is 2.22. The van der Waals surface area contributed by atoms with E-state index in [1.54, 1.807) is 11.3 Å². The first-order chi connectivity index (χ1) is 10.5. The number of thiazole rings is 1. The SMILES string of the molecule is Cc1csc(C(C)(C)NCCOc2ccc(CC#N)cc2)n1.